The topological polar surface area (TPSA) is 66.0 Å². The molecule has 6 nitrogen and oxygen atoms in total. The molecule has 0 unspecified atom stereocenters. The molecule has 0 spiro atoms. The van der Waals surface area contributed by atoms with E-state index in [-0.39, 0.29) is 18.3 Å². The van der Waals surface area contributed by atoms with Gasteiger partial charge in [-0.3, -0.25) is 9.79 Å². The van der Waals surface area contributed by atoms with Gasteiger partial charge in [-0.15, -0.1) is 0 Å². The van der Waals surface area contributed by atoms with Crippen LogP contribution in [0.5, 0.6) is 5.75 Å². The van der Waals surface area contributed by atoms with Crippen molar-refractivity contribution in [3.63, 3.8) is 0 Å². The summed E-state index contributed by atoms with van der Waals surface area (Å²) >= 11 is 0. The van der Waals surface area contributed by atoms with Crippen molar-refractivity contribution in [1.82, 2.24) is 15.5 Å². The number of guanidine groups is 1. The Morgan fingerprint density at radius 1 is 1.13 bits per heavy atom. The zero-order valence-electron chi connectivity index (χ0n) is 17.5. The molecule has 0 aliphatic carbocycles. The zero-order valence-corrected chi connectivity index (χ0v) is 17.5. The Morgan fingerprint density at radius 2 is 1.93 bits per heavy atom. The summed E-state index contributed by atoms with van der Waals surface area (Å²) in [7, 11) is 3.45. The van der Waals surface area contributed by atoms with Crippen molar-refractivity contribution in [1.29, 1.82) is 0 Å². The predicted octanol–water partition coefficient (Wildman–Crippen LogP) is 2.84. The summed E-state index contributed by atoms with van der Waals surface area (Å²) in [5.74, 6) is -0.789. The molecule has 2 rings (SSSR count). The van der Waals surface area contributed by atoms with Crippen molar-refractivity contribution in [2.45, 2.75) is 13.3 Å². The molecular weight excluding hydrogens is 390 g/mol. The molecule has 0 saturated heterocycles. The van der Waals surface area contributed by atoms with Crippen LogP contribution in [0, 0.1) is 11.6 Å². The quantitative estimate of drug-likeness (QED) is 0.373. The third-order valence-corrected chi connectivity index (χ3v) is 4.14. The Labute approximate surface area is 175 Å². The number of aliphatic imine (C=N–C) groups is 1. The van der Waals surface area contributed by atoms with E-state index in [1.807, 2.05) is 25.1 Å². The normalized spacial score (nSPS) is 11.2. The number of hydrogen-bond donors (Lipinski definition) is 2. The lowest BCUT2D eigenvalue weighted by Gasteiger charge is -2.13. The fourth-order valence-corrected chi connectivity index (χ4v) is 2.68. The number of amides is 1. The molecule has 2 aromatic rings. The average Bonchev–Trinajstić information content (AvgIpc) is 2.72. The molecule has 0 aliphatic rings. The fourth-order valence-electron chi connectivity index (χ4n) is 2.68. The van der Waals surface area contributed by atoms with Crippen molar-refractivity contribution in [2.24, 2.45) is 4.99 Å². The average molecular weight is 418 g/mol. The van der Waals surface area contributed by atoms with Gasteiger partial charge in [-0.05, 0) is 43.2 Å². The number of ether oxygens (including phenoxy) is 1. The Kier molecular flexibility index (Phi) is 9.05. The minimum Gasteiger partial charge on any atom is -0.489 e. The first-order chi connectivity index (χ1) is 14.4. The van der Waals surface area contributed by atoms with Gasteiger partial charge in [-0.25, -0.2) is 8.78 Å². The smallest absolute Gasteiger partial charge is 0.253 e. The van der Waals surface area contributed by atoms with E-state index in [0.29, 0.717) is 37.6 Å². The van der Waals surface area contributed by atoms with Crippen LogP contribution in [0.2, 0.25) is 0 Å². The van der Waals surface area contributed by atoms with Gasteiger partial charge in [0, 0.05) is 38.8 Å². The largest absolute Gasteiger partial charge is 0.489 e. The maximum atomic E-state index is 13.6. The van der Waals surface area contributed by atoms with Crippen molar-refractivity contribution in [3.8, 4) is 5.75 Å². The summed E-state index contributed by atoms with van der Waals surface area (Å²) in [6.45, 7) is 3.77. The molecule has 1 amide bonds. The van der Waals surface area contributed by atoms with Crippen LogP contribution in [0.1, 0.15) is 22.8 Å². The van der Waals surface area contributed by atoms with Crippen molar-refractivity contribution in [3.05, 3.63) is 65.2 Å². The van der Waals surface area contributed by atoms with E-state index < -0.39 is 11.6 Å². The van der Waals surface area contributed by atoms with Crippen LogP contribution in [0.15, 0.2) is 47.5 Å². The summed E-state index contributed by atoms with van der Waals surface area (Å²) < 4.78 is 31.8. The van der Waals surface area contributed by atoms with Crippen LogP contribution in [-0.2, 0) is 6.42 Å². The monoisotopic (exact) mass is 418 g/mol. The van der Waals surface area contributed by atoms with E-state index in [0.717, 1.165) is 17.7 Å². The second kappa shape index (κ2) is 11.7. The summed E-state index contributed by atoms with van der Waals surface area (Å²) in [6.07, 6.45) is 0.683. The molecule has 0 heterocycles. The van der Waals surface area contributed by atoms with Crippen LogP contribution in [0.4, 0.5) is 8.78 Å². The first-order valence-corrected chi connectivity index (χ1v) is 9.81. The highest BCUT2D eigenvalue weighted by atomic mass is 19.1. The Balaban J connectivity index is 1.84. The second-order valence-electron chi connectivity index (χ2n) is 6.76. The molecule has 0 aromatic heterocycles. The third-order valence-electron chi connectivity index (χ3n) is 4.14. The summed E-state index contributed by atoms with van der Waals surface area (Å²) in [5, 5.41) is 6.24. The molecule has 0 radical (unpaired) electrons. The standard InChI is InChI=1S/C22H28F2N4O2/c1-4-25-22(27-12-13-30-20-9-8-18(23)15-19(20)24)26-11-10-16-6-5-7-17(14-16)21(29)28(2)3/h5-9,14-15H,4,10-13H2,1-3H3,(H2,25,26,27). The number of rotatable bonds is 9. The van der Waals surface area contributed by atoms with E-state index in [2.05, 4.69) is 15.6 Å². The zero-order chi connectivity index (χ0) is 21.9. The lowest BCUT2D eigenvalue weighted by molar-refractivity contribution is 0.0827. The van der Waals surface area contributed by atoms with Crippen LogP contribution in [0.3, 0.4) is 0 Å². The molecule has 0 saturated carbocycles. The summed E-state index contributed by atoms with van der Waals surface area (Å²) in [6, 6.07) is 10.7. The summed E-state index contributed by atoms with van der Waals surface area (Å²) in [5.41, 5.74) is 1.68. The Bertz CT molecular complexity index is 872. The lowest BCUT2D eigenvalue weighted by atomic mass is 10.1. The number of carbonyl (C=O) groups excluding carboxylic acids is 1. The highest BCUT2D eigenvalue weighted by Gasteiger charge is 2.08. The molecule has 30 heavy (non-hydrogen) atoms. The SMILES string of the molecule is CCNC(=NCCc1cccc(C(=O)N(C)C)c1)NCCOc1ccc(F)cc1F. The highest BCUT2D eigenvalue weighted by molar-refractivity contribution is 5.94. The fraction of sp³-hybridized carbons (Fsp3) is 0.364. The number of nitrogens with one attached hydrogen (secondary N) is 2. The van der Waals surface area contributed by atoms with Crippen molar-refractivity contribution >= 4 is 11.9 Å². The highest BCUT2D eigenvalue weighted by Crippen LogP contribution is 2.17. The number of benzene rings is 2. The van der Waals surface area contributed by atoms with E-state index >= 15 is 0 Å². The van der Waals surface area contributed by atoms with Crippen LogP contribution in [0.25, 0.3) is 0 Å². The maximum absolute atomic E-state index is 13.6. The molecule has 8 heteroatoms. The Hall–Kier alpha value is -3.16. The molecule has 0 fully saturated rings. The van der Waals surface area contributed by atoms with Gasteiger partial charge in [0.25, 0.3) is 5.91 Å². The first-order valence-electron chi connectivity index (χ1n) is 9.81. The van der Waals surface area contributed by atoms with Gasteiger partial charge in [0.15, 0.2) is 17.5 Å². The number of hydrogen-bond acceptors (Lipinski definition) is 3. The number of halogens is 2. The van der Waals surface area contributed by atoms with E-state index in [4.69, 9.17) is 4.74 Å². The second-order valence-corrected chi connectivity index (χ2v) is 6.76. The predicted molar refractivity (Wildman–Crippen MR) is 114 cm³/mol. The molecule has 0 bridgehead atoms. The van der Waals surface area contributed by atoms with E-state index in [1.165, 1.54) is 6.07 Å². The van der Waals surface area contributed by atoms with Gasteiger partial charge in [0.05, 0.1) is 6.54 Å². The number of carbonyl (C=O) groups is 1. The van der Waals surface area contributed by atoms with Gasteiger partial charge in [-0.2, -0.15) is 0 Å². The molecular formula is C22H28F2N4O2. The van der Waals surface area contributed by atoms with Crippen LogP contribution >= 0.6 is 0 Å². The molecule has 162 valence electrons. The molecule has 2 N–H and O–H groups in total. The van der Waals surface area contributed by atoms with Crippen LogP contribution in [-0.4, -0.2) is 57.1 Å². The molecule has 2 aromatic carbocycles. The van der Waals surface area contributed by atoms with Crippen molar-refractivity contribution < 1.29 is 18.3 Å². The van der Waals surface area contributed by atoms with Gasteiger partial charge in [-0.1, -0.05) is 12.1 Å². The third kappa shape index (κ3) is 7.35. The van der Waals surface area contributed by atoms with Crippen LogP contribution < -0.4 is 15.4 Å². The van der Waals surface area contributed by atoms with Crippen molar-refractivity contribution in [2.75, 3.05) is 40.3 Å². The van der Waals surface area contributed by atoms with E-state index in [9.17, 15) is 13.6 Å². The van der Waals surface area contributed by atoms with Gasteiger partial charge >= 0.3 is 0 Å². The van der Waals surface area contributed by atoms with Gasteiger partial charge in [0.1, 0.15) is 12.4 Å². The van der Waals surface area contributed by atoms with Gasteiger partial charge in [0.2, 0.25) is 0 Å². The van der Waals surface area contributed by atoms with Gasteiger partial charge < -0.3 is 20.3 Å². The number of nitrogens with zero attached hydrogens (tertiary/aromatic N) is 2. The summed E-state index contributed by atoms with van der Waals surface area (Å²) in [4.78, 5) is 18.1. The minimum absolute atomic E-state index is 0.00675. The molecule has 0 aliphatic heterocycles. The Morgan fingerprint density at radius 3 is 2.63 bits per heavy atom. The lowest BCUT2D eigenvalue weighted by Crippen LogP contribution is -2.39. The molecule has 0 atom stereocenters. The first kappa shape index (κ1) is 23.1. The minimum atomic E-state index is -0.731. The van der Waals surface area contributed by atoms with E-state index in [1.54, 1.807) is 25.1 Å². The maximum Gasteiger partial charge on any atom is 0.253 e.